The SMILES string of the molecule is N#C[C@@H]1CC(F)(F)CN1C(=O)[C@@H]1C[C@@H](CC(=O)N2Cc3cccc(Cn4cc(CN)nn4)c3C2)C(=O)N1. The summed E-state index contributed by atoms with van der Waals surface area (Å²) >= 11 is 0. The van der Waals surface area contributed by atoms with Crippen molar-refractivity contribution in [3.05, 3.63) is 46.8 Å². The second-order valence-corrected chi connectivity index (χ2v) is 9.79. The van der Waals surface area contributed by atoms with Crippen molar-refractivity contribution in [1.29, 1.82) is 5.26 Å². The number of halogens is 2. The monoisotopic (exact) mass is 512 g/mol. The molecular weight excluding hydrogens is 486 g/mol. The third-order valence-corrected chi connectivity index (χ3v) is 7.19. The van der Waals surface area contributed by atoms with Crippen molar-refractivity contribution in [2.75, 3.05) is 6.54 Å². The zero-order chi connectivity index (χ0) is 26.3. The van der Waals surface area contributed by atoms with Crippen LogP contribution in [-0.4, -0.2) is 67.1 Å². The molecule has 3 aliphatic heterocycles. The molecule has 0 aliphatic carbocycles. The Morgan fingerprint density at radius 2 is 2.11 bits per heavy atom. The van der Waals surface area contributed by atoms with Gasteiger partial charge in [-0.25, -0.2) is 13.5 Å². The second-order valence-electron chi connectivity index (χ2n) is 9.79. The van der Waals surface area contributed by atoms with Gasteiger partial charge in [0.2, 0.25) is 17.7 Å². The molecule has 2 fully saturated rings. The number of aromatic nitrogens is 3. The third kappa shape index (κ3) is 4.89. The number of rotatable bonds is 6. The van der Waals surface area contributed by atoms with Crippen LogP contribution in [0.4, 0.5) is 8.78 Å². The Balaban J connectivity index is 1.21. The maximum Gasteiger partial charge on any atom is 0.268 e. The van der Waals surface area contributed by atoms with Crippen molar-refractivity contribution in [2.24, 2.45) is 11.7 Å². The largest absolute Gasteiger partial charge is 0.344 e. The van der Waals surface area contributed by atoms with Crippen LogP contribution in [0.5, 0.6) is 0 Å². The molecule has 5 rings (SSSR count). The van der Waals surface area contributed by atoms with Gasteiger partial charge in [0.1, 0.15) is 12.1 Å². The molecule has 1 aromatic heterocycles. The number of carbonyl (C=O) groups is 3. The Kier molecular flexibility index (Phi) is 6.36. The predicted octanol–water partition coefficient (Wildman–Crippen LogP) is 0.282. The Labute approximate surface area is 211 Å². The minimum Gasteiger partial charge on any atom is -0.344 e. The van der Waals surface area contributed by atoms with Crippen LogP contribution < -0.4 is 11.1 Å². The number of hydrogen-bond acceptors (Lipinski definition) is 7. The van der Waals surface area contributed by atoms with E-state index >= 15 is 0 Å². The molecule has 0 saturated carbocycles. The molecule has 194 valence electrons. The van der Waals surface area contributed by atoms with Gasteiger partial charge in [-0.05, 0) is 23.1 Å². The van der Waals surface area contributed by atoms with Gasteiger partial charge in [-0.3, -0.25) is 14.4 Å². The van der Waals surface area contributed by atoms with Gasteiger partial charge in [0.25, 0.3) is 5.92 Å². The van der Waals surface area contributed by atoms with Crippen LogP contribution in [0.15, 0.2) is 24.4 Å². The van der Waals surface area contributed by atoms with E-state index in [0.29, 0.717) is 31.9 Å². The van der Waals surface area contributed by atoms with Crippen LogP contribution >= 0.6 is 0 Å². The molecule has 11 nitrogen and oxygen atoms in total. The Hall–Kier alpha value is -3.92. The van der Waals surface area contributed by atoms with Crippen molar-refractivity contribution in [2.45, 2.75) is 63.4 Å². The van der Waals surface area contributed by atoms with Crippen LogP contribution in [0, 0.1) is 17.2 Å². The minimum atomic E-state index is -3.14. The van der Waals surface area contributed by atoms with Gasteiger partial charge in [0.15, 0.2) is 0 Å². The van der Waals surface area contributed by atoms with Crippen molar-refractivity contribution in [1.82, 2.24) is 30.1 Å². The average Bonchev–Trinajstić information content (AvgIpc) is 3.64. The summed E-state index contributed by atoms with van der Waals surface area (Å²) in [5.74, 6) is -5.30. The van der Waals surface area contributed by atoms with Gasteiger partial charge in [-0.2, -0.15) is 5.26 Å². The summed E-state index contributed by atoms with van der Waals surface area (Å²) in [6.07, 6.45) is 0.974. The highest BCUT2D eigenvalue weighted by Gasteiger charge is 2.50. The normalized spacial score (nSPS) is 24.2. The Morgan fingerprint density at radius 3 is 2.84 bits per heavy atom. The maximum absolute atomic E-state index is 13.8. The predicted molar refractivity (Wildman–Crippen MR) is 123 cm³/mol. The molecule has 3 amide bonds. The Bertz CT molecular complexity index is 1290. The number of nitrogens with zero attached hydrogens (tertiary/aromatic N) is 6. The van der Waals surface area contributed by atoms with Crippen LogP contribution in [0.1, 0.15) is 41.6 Å². The highest BCUT2D eigenvalue weighted by atomic mass is 19.3. The van der Waals surface area contributed by atoms with E-state index < -0.39 is 48.7 Å². The fourth-order valence-corrected chi connectivity index (χ4v) is 5.28. The summed E-state index contributed by atoms with van der Waals surface area (Å²) < 4.78 is 29.2. The van der Waals surface area contributed by atoms with Crippen molar-refractivity contribution < 1.29 is 23.2 Å². The molecule has 0 radical (unpaired) electrons. The molecule has 4 heterocycles. The fraction of sp³-hybridized carbons (Fsp3) is 0.500. The van der Waals surface area contributed by atoms with Gasteiger partial charge in [0.05, 0.1) is 31.0 Å². The molecule has 3 N–H and O–H groups in total. The molecule has 13 heteroatoms. The molecule has 2 saturated heterocycles. The lowest BCUT2D eigenvalue weighted by Gasteiger charge is -2.22. The summed E-state index contributed by atoms with van der Waals surface area (Å²) in [4.78, 5) is 41.0. The van der Waals surface area contributed by atoms with Gasteiger partial charge < -0.3 is 20.9 Å². The van der Waals surface area contributed by atoms with Gasteiger partial charge in [0, 0.05) is 38.4 Å². The standard InChI is InChI=1S/C24H26F2N8O3/c25-24(26)6-18(8-28)34(13-24)23(37)20-4-16(22(36)29-20)5-21(35)32-9-14-2-1-3-15(19(14)12-32)10-33-11-17(7-27)30-31-33/h1-3,11,16,18,20H,4-7,9-10,12-13,27H2,(H,29,36)/t16-,18-,20-/m0/s1. The van der Waals surface area contributed by atoms with E-state index in [-0.39, 0.29) is 18.7 Å². The number of amides is 3. The van der Waals surface area contributed by atoms with Crippen LogP contribution in [0.3, 0.4) is 0 Å². The number of carbonyl (C=O) groups excluding carboxylic acids is 3. The first-order valence-corrected chi connectivity index (χ1v) is 12.0. The molecule has 37 heavy (non-hydrogen) atoms. The number of alkyl halides is 2. The molecule has 0 spiro atoms. The molecular formula is C24H26F2N8O3. The van der Waals surface area contributed by atoms with Gasteiger partial charge in [-0.15, -0.1) is 5.10 Å². The van der Waals surface area contributed by atoms with Crippen molar-refractivity contribution >= 4 is 17.7 Å². The zero-order valence-corrected chi connectivity index (χ0v) is 19.9. The third-order valence-electron chi connectivity index (χ3n) is 7.19. The topological polar surface area (TPSA) is 150 Å². The van der Waals surface area contributed by atoms with Crippen molar-refractivity contribution in [3.8, 4) is 6.07 Å². The molecule has 3 aliphatic rings. The number of benzene rings is 1. The number of fused-ring (bicyclic) bond motifs is 1. The van der Waals surface area contributed by atoms with Crippen molar-refractivity contribution in [3.63, 3.8) is 0 Å². The lowest BCUT2D eigenvalue weighted by Crippen LogP contribution is -2.46. The summed E-state index contributed by atoms with van der Waals surface area (Å²) in [5, 5.41) is 19.8. The first-order valence-electron chi connectivity index (χ1n) is 12.0. The van der Waals surface area contributed by atoms with Gasteiger partial charge >= 0.3 is 0 Å². The number of hydrogen-bond donors (Lipinski definition) is 2. The first-order chi connectivity index (χ1) is 17.7. The lowest BCUT2D eigenvalue weighted by atomic mass is 9.99. The van der Waals surface area contributed by atoms with Gasteiger partial charge in [-0.1, -0.05) is 23.4 Å². The molecule has 3 atom stereocenters. The van der Waals surface area contributed by atoms with Crippen LogP contribution in [0.25, 0.3) is 0 Å². The van der Waals surface area contributed by atoms with E-state index in [9.17, 15) is 23.2 Å². The number of nitrogens with two attached hydrogens (primary N) is 1. The molecule has 0 unspecified atom stereocenters. The smallest absolute Gasteiger partial charge is 0.268 e. The summed E-state index contributed by atoms with van der Waals surface area (Å²) in [5.41, 5.74) is 9.30. The second kappa shape index (κ2) is 9.51. The van der Waals surface area contributed by atoms with E-state index in [1.54, 1.807) is 21.8 Å². The van der Waals surface area contributed by atoms with E-state index in [0.717, 1.165) is 21.6 Å². The summed E-state index contributed by atoms with van der Waals surface area (Å²) in [7, 11) is 0. The molecule has 1 aromatic carbocycles. The quantitative estimate of drug-likeness (QED) is 0.564. The average molecular weight is 513 g/mol. The fourth-order valence-electron chi connectivity index (χ4n) is 5.28. The summed E-state index contributed by atoms with van der Waals surface area (Å²) in [6, 6.07) is 5.30. The van der Waals surface area contributed by atoms with E-state index in [1.165, 1.54) is 0 Å². The van der Waals surface area contributed by atoms with E-state index in [1.807, 2.05) is 18.2 Å². The number of nitriles is 1. The maximum atomic E-state index is 13.8. The van der Waals surface area contributed by atoms with Crippen LogP contribution in [-0.2, 0) is 40.6 Å². The zero-order valence-electron chi connectivity index (χ0n) is 19.9. The molecule has 0 bridgehead atoms. The van der Waals surface area contributed by atoms with Crippen LogP contribution in [0.2, 0.25) is 0 Å². The lowest BCUT2D eigenvalue weighted by molar-refractivity contribution is -0.135. The number of likely N-dealkylation sites (tertiary alicyclic amines) is 1. The van der Waals surface area contributed by atoms with E-state index in [4.69, 9.17) is 11.0 Å². The highest BCUT2D eigenvalue weighted by Crippen LogP contribution is 2.34. The summed E-state index contributed by atoms with van der Waals surface area (Å²) in [6.45, 7) is 0.700. The highest BCUT2D eigenvalue weighted by molar-refractivity contribution is 5.94. The van der Waals surface area contributed by atoms with E-state index in [2.05, 4.69) is 15.6 Å². The number of nitrogens with one attached hydrogen (secondary N) is 1. The first kappa shape index (κ1) is 24.8. The minimum absolute atomic E-state index is 0.0193. The Morgan fingerprint density at radius 1 is 1.30 bits per heavy atom. The molecule has 2 aromatic rings.